The van der Waals surface area contributed by atoms with Gasteiger partial charge in [-0.1, -0.05) is 60.3 Å². The number of nitrogens with one attached hydrogen (secondary N) is 1. The monoisotopic (exact) mass is 654 g/mol. The third-order valence-electron chi connectivity index (χ3n) is 7.57. The van der Waals surface area contributed by atoms with Crippen LogP contribution in [0.25, 0.3) is 0 Å². The molecule has 234 valence electrons. The van der Waals surface area contributed by atoms with Crippen molar-refractivity contribution in [3.8, 4) is 5.75 Å². The molecule has 0 saturated carbocycles. The Morgan fingerprint density at radius 2 is 1.78 bits per heavy atom. The van der Waals surface area contributed by atoms with Gasteiger partial charge in [0.2, 0.25) is 0 Å². The van der Waals surface area contributed by atoms with Gasteiger partial charge in [-0.2, -0.15) is 5.10 Å². The molecule has 46 heavy (non-hydrogen) atoms. The number of thioether (sulfide) groups is 1. The predicted molar refractivity (Wildman–Crippen MR) is 177 cm³/mol. The fraction of sp³-hybridized carbons (Fsp3) is 0.206. The number of carbonyl (C=O) groups excluding carboxylic acids is 2. The van der Waals surface area contributed by atoms with E-state index < -0.39 is 0 Å². The lowest BCUT2D eigenvalue weighted by molar-refractivity contribution is -0.130. The summed E-state index contributed by atoms with van der Waals surface area (Å²) >= 11 is 2.84. The summed E-state index contributed by atoms with van der Waals surface area (Å²) in [4.78, 5) is 27.6. The first-order valence-corrected chi connectivity index (χ1v) is 16.5. The average molecular weight is 655 g/mol. The van der Waals surface area contributed by atoms with E-state index in [0.717, 1.165) is 21.7 Å². The van der Waals surface area contributed by atoms with Crippen LogP contribution in [0.1, 0.15) is 44.6 Å². The summed E-state index contributed by atoms with van der Waals surface area (Å²) in [6.45, 7) is 0.721. The number of amides is 2. The summed E-state index contributed by atoms with van der Waals surface area (Å²) in [7, 11) is 1.57. The molecule has 2 amide bonds. The number of hydrazone groups is 1. The van der Waals surface area contributed by atoms with Gasteiger partial charge < -0.3 is 14.6 Å². The summed E-state index contributed by atoms with van der Waals surface area (Å²) in [6, 6.07) is 26.7. The van der Waals surface area contributed by atoms with E-state index in [1.54, 1.807) is 54.8 Å². The number of hydrogen-bond acceptors (Lipinski definition) is 8. The Labute approximate surface area is 274 Å². The van der Waals surface area contributed by atoms with Gasteiger partial charge in [0, 0.05) is 18.5 Å². The van der Waals surface area contributed by atoms with Crippen molar-refractivity contribution in [3.05, 3.63) is 130 Å². The number of rotatable bonds is 12. The molecule has 5 aromatic rings. The zero-order valence-electron chi connectivity index (χ0n) is 25.0. The summed E-state index contributed by atoms with van der Waals surface area (Å²) in [5, 5.41) is 20.5. The minimum absolute atomic E-state index is 0.0700. The predicted octanol–water partition coefficient (Wildman–Crippen LogP) is 6.13. The number of halogens is 1. The molecule has 0 fully saturated rings. The normalized spacial score (nSPS) is 14.3. The fourth-order valence-electron chi connectivity index (χ4n) is 5.14. The number of nitrogens with zero attached hydrogens (tertiary/aromatic N) is 5. The van der Waals surface area contributed by atoms with Crippen LogP contribution < -0.4 is 10.1 Å². The molecule has 1 unspecified atom stereocenters. The van der Waals surface area contributed by atoms with E-state index in [2.05, 4.69) is 27.6 Å². The highest BCUT2D eigenvalue weighted by atomic mass is 32.2. The van der Waals surface area contributed by atoms with Gasteiger partial charge in [-0.25, -0.2) is 9.40 Å². The van der Waals surface area contributed by atoms with Gasteiger partial charge in [0.25, 0.3) is 11.8 Å². The van der Waals surface area contributed by atoms with Crippen LogP contribution in [0.4, 0.5) is 4.39 Å². The SMILES string of the molecule is COc1ccc(C(=O)NCc2nnc(SCC(=O)N3N=C(c4cccs4)CC3c3ccc(F)cc3)n2CCc2ccccc2)cc1. The standard InChI is InChI=1S/C34H31FN6O3S2/c1-44-27-15-11-25(12-16-27)33(43)36-21-31-37-38-34(40(31)18-17-23-6-3-2-4-7-23)46-22-32(42)41-29(24-9-13-26(35)14-10-24)20-28(39-41)30-8-5-19-45-30/h2-16,19,29H,17-18,20-22H2,1H3,(H,36,43). The fourth-order valence-corrected chi connectivity index (χ4v) is 6.70. The van der Waals surface area contributed by atoms with Crippen LogP contribution in [0.2, 0.25) is 0 Å². The first kappa shape index (κ1) is 31.2. The van der Waals surface area contributed by atoms with E-state index in [0.29, 0.717) is 41.7 Å². The molecule has 1 aliphatic heterocycles. The first-order chi connectivity index (χ1) is 22.5. The largest absolute Gasteiger partial charge is 0.497 e. The van der Waals surface area contributed by atoms with E-state index in [-0.39, 0.29) is 36.0 Å². The lowest BCUT2D eigenvalue weighted by Crippen LogP contribution is -2.28. The number of ether oxygens (including phenoxy) is 1. The molecule has 0 radical (unpaired) electrons. The van der Waals surface area contributed by atoms with Crippen LogP contribution in [0.3, 0.4) is 0 Å². The Bertz CT molecular complexity index is 1810. The van der Waals surface area contributed by atoms with Crippen LogP contribution >= 0.6 is 23.1 Å². The molecule has 2 aromatic heterocycles. The number of hydrogen-bond donors (Lipinski definition) is 1. The molecule has 12 heteroatoms. The van der Waals surface area contributed by atoms with Gasteiger partial charge >= 0.3 is 0 Å². The molecule has 3 heterocycles. The number of benzene rings is 3. The quantitative estimate of drug-likeness (QED) is 0.163. The third kappa shape index (κ3) is 7.35. The van der Waals surface area contributed by atoms with Crippen LogP contribution in [-0.4, -0.2) is 50.2 Å². The molecule has 1 N–H and O–H groups in total. The smallest absolute Gasteiger partial charge is 0.253 e. The van der Waals surface area contributed by atoms with Crippen molar-refractivity contribution in [3.63, 3.8) is 0 Å². The highest BCUT2D eigenvalue weighted by Gasteiger charge is 2.33. The minimum Gasteiger partial charge on any atom is -0.497 e. The van der Waals surface area contributed by atoms with Crippen molar-refractivity contribution < 1.29 is 18.7 Å². The van der Waals surface area contributed by atoms with E-state index >= 15 is 0 Å². The Kier molecular flexibility index (Phi) is 9.85. The second-order valence-corrected chi connectivity index (χ2v) is 12.4. The number of aryl methyl sites for hydroxylation is 1. The van der Waals surface area contributed by atoms with Crippen molar-refractivity contribution in [2.24, 2.45) is 5.10 Å². The first-order valence-electron chi connectivity index (χ1n) is 14.7. The van der Waals surface area contributed by atoms with Crippen LogP contribution in [0.5, 0.6) is 5.75 Å². The molecule has 0 aliphatic carbocycles. The van der Waals surface area contributed by atoms with Crippen molar-refractivity contribution >= 4 is 40.6 Å². The Hall–Kier alpha value is -4.81. The lowest BCUT2D eigenvalue weighted by Gasteiger charge is -2.22. The average Bonchev–Trinajstić information content (AvgIpc) is 3.86. The second-order valence-electron chi connectivity index (χ2n) is 10.5. The molecule has 0 spiro atoms. The molecular weight excluding hydrogens is 624 g/mol. The van der Waals surface area contributed by atoms with Gasteiger partial charge in [0.15, 0.2) is 11.0 Å². The molecule has 0 saturated heterocycles. The molecule has 6 rings (SSSR count). The topological polar surface area (TPSA) is 102 Å². The van der Waals surface area contributed by atoms with Crippen LogP contribution in [-0.2, 0) is 24.3 Å². The number of methoxy groups -OCH3 is 1. The van der Waals surface area contributed by atoms with Crippen molar-refractivity contribution in [1.29, 1.82) is 0 Å². The van der Waals surface area contributed by atoms with E-state index in [4.69, 9.17) is 9.84 Å². The van der Waals surface area contributed by atoms with Gasteiger partial charge in [-0.3, -0.25) is 9.59 Å². The zero-order valence-corrected chi connectivity index (χ0v) is 26.6. The summed E-state index contributed by atoms with van der Waals surface area (Å²) in [6.07, 6.45) is 1.25. The molecule has 9 nitrogen and oxygen atoms in total. The zero-order chi connectivity index (χ0) is 31.9. The maximum Gasteiger partial charge on any atom is 0.253 e. The highest BCUT2D eigenvalue weighted by molar-refractivity contribution is 7.99. The van der Waals surface area contributed by atoms with Gasteiger partial charge in [0.1, 0.15) is 11.6 Å². The van der Waals surface area contributed by atoms with Gasteiger partial charge in [-0.15, -0.1) is 21.5 Å². The summed E-state index contributed by atoms with van der Waals surface area (Å²) < 4.78 is 20.8. The highest BCUT2D eigenvalue weighted by Crippen LogP contribution is 2.35. The lowest BCUT2D eigenvalue weighted by atomic mass is 10.0. The van der Waals surface area contributed by atoms with Gasteiger partial charge in [0.05, 0.1) is 36.0 Å². The van der Waals surface area contributed by atoms with Crippen molar-refractivity contribution in [2.75, 3.05) is 12.9 Å². The summed E-state index contributed by atoms with van der Waals surface area (Å²) in [5.41, 5.74) is 3.28. The molecule has 1 atom stereocenters. The second kappa shape index (κ2) is 14.5. The van der Waals surface area contributed by atoms with Crippen molar-refractivity contribution in [1.82, 2.24) is 25.1 Å². The Balaban J connectivity index is 1.19. The van der Waals surface area contributed by atoms with Gasteiger partial charge in [-0.05, 0) is 65.4 Å². The number of carbonyl (C=O) groups is 2. The van der Waals surface area contributed by atoms with E-state index in [1.165, 1.54) is 28.9 Å². The summed E-state index contributed by atoms with van der Waals surface area (Å²) in [5.74, 6) is 0.541. The van der Waals surface area contributed by atoms with E-state index in [9.17, 15) is 14.0 Å². The third-order valence-corrected chi connectivity index (χ3v) is 9.44. The van der Waals surface area contributed by atoms with E-state index in [1.807, 2.05) is 40.3 Å². The minimum atomic E-state index is -0.342. The van der Waals surface area contributed by atoms with Crippen LogP contribution in [0.15, 0.2) is 107 Å². The number of thiophene rings is 1. The van der Waals surface area contributed by atoms with Crippen molar-refractivity contribution in [2.45, 2.75) is 37.1 Å². The Morgan fingerprint density at radius 3 is 2.50 bits per heavy atom. The van der Waals surface area contributed by atoms with Crippen LogP contribution in [0, 0.1) is 5.82 Å². The number of aromatic nitrogens is 3. The Morgan fingerprint density at radius 1 is 1.00 bits per heavy atom. The molecule has 3 aromatic carbocycles. The molecular formula is C34H31FN6O3S2. The molecule has 0 bridgehead atoms. The maximum atomic E-state index is 13.7. The maximum absolute atomic E-state index is 13.7. The molecule has 1 aliphatic rings.